The lowest BCUT2D eigenvalue weighted by Crippen LogP contribution is -2.54. The molecule has 0 saturated heterocycles. The minimum Gasteiger partial charge on any atom is -0.497 e. The number of sulfonamides is 1. The van der Waals surface area contributed by atoms with Crippen molar-refractivity contribution in [2.45, 2.75) is 57.1 Å². The van der Waals surface area contributed by atoms with Gasteiger partial charge < -0.3 is 15.0 Å². The number of hydrogen-bond acceptors (Lipinski definition) is 5. The van der Waals surface area contributed by atoms with E-state index in [0.717, 1.165) is 15.4 Å². The Bertz CT molecular complexity index is 1720. The molecule has 0 heterocycles. The fraction of sp³-hybridized carbons (Fsp3) is 0.278. The van der Waals surface area contributed by atoms with Gasteiger partial charge in [-0.1, -0.05) is 73.2 Å². The average molecular weight is 646 g/mol. The number of ether oxygens (including phenoxy) is 1. The first kappa shape index (κ1) is 34.2. The van der Waals surface area contributed by atoms with Gasteiger partial charge in [0.1, 0.15) is 24.2 Å². The summed E-state index contributed by atoms with van der Waals surface area (Å²) in [6, 6.07) is 26.6. The number of carbonyl (C=O) groups is 2. The van der Waals surface area contributed by atoms with Crippen LogP contribution in [-0.2, 0) is 32.6 Å². The second kappa shape index (κ2) is 15.5. The van der Waals surface area contributed by atoms with Gasteiger partial charge in [0.25, 0.3) is 10.0 Å². The van der Waals surface area contributed by atoms with Crippen LogP contribution < -0.4 is 14.4 Å². The third-order valence-electron chi connectivity index (χ3n) is 7.77. The van der Waals surface area contributed by atoms with Gasteiger partial charge in [-0.3, -0.25) is 13.9 Å². The lowest BCUT2D eigenvalue weighted by atomic mass is 10.0. The van der Waals surface area contributed by atoms with Gasteiger partial charge in [0.2, 0.25) is 11.8 Å². The van der Waals surface area contributed by atoms with Crippen molar-refractivity contribution in [3.63, 3.8) is 0 Å². The zero-order chi connectivity index (χ0) is 33.3. The molecule has 8 nitrogen and oxygen atoms in total. The second-order valence-corrected chi connectivity index (χ2v) is 13.1. The molecule has 0 aromatic heterocycles. The highest BCUT2D eigenvalue weighted by Gasteiger charge is 2.35. The lowest BCUT2D eigenvalue weighted by molar-refractivity contribution is -0.140. The maximum absolute atomic E-state index is 14.5. The Kier molecular flexibility index (Phi) is 11.5. The number of aryl methyl sites for hydroxylation is 1. The van der Waals surface area contributed by atoms with Crippen LogP contribution in [0.5, 0.6) is 5.75 Å². The quantitative estimate of drug-likeness (QED) is 0.185. The molecular weight excluding hydrogens is 605 g/mol. The van der Waals surface area contributed by atoms with Crippen molar-refractivity contribution in [1.82, 2.24) is 10.2 Å². The average Bonchev–Trinajstić information content (AvgIpc) is 3.06. The van der Waals surface area contributed by atoms with Crippen LogP contribution in [0.3, 0.4) is 0 Å². The van der Waals surface area contributed by atoms with E-state index in [1.807, 2.05) is 51.1 Å². The first-order valence-corrected chi connectivity index (χ1v) is 16.6. The summed E-state index contributed by atoms with van der Waals surface area (Å²) in [5, 5.41) is 3.00. The highest BCUT2D eigenvalue weighted by molar-refractivity contribution is 7.92. The third kappa shape index (κ3) is 8.72. The van der Waals surface area contributed by atoms with E-state index in [-0.39, 0.29) is 35.5 Å². The number of hydrogen-bond donors (Lipinski definition) is 1. The molecule has 0 aliphatic carbocycles. The van der Waals surface area contributed by atoms with Gasteiger partial charge in [-0.25, -0.2) is 12.8 Å². The Hall–Kier alpha value is -4.70. The van der Waals surface area contributed by atoms with E-state index < -0.39 is 34.3 Å². The number of nitrogens with one attached hydrogen (secondary N) is 1. The first-order chi connectivity index (χ1) is 22.0. The maximum atomic E-state index is 14.5. The molecule has 10 heteroatoms. The summed E-state index contributed by atoms with van der Waals surface area (Å²) in [4.78, 5) is 29.8. The number of carbonyl (C=O) groups excluding carboxylic acids is 2. The standard InChI is InChI=1S/C36H40FN3O5S/c1-5-27(3)38-36(42)34(22-28-10-7-6-8-11-28)39(24-29-16-18-30(37)19-17-29)35(41)25-40(31-12-9-13-32(23-31)45-4)46(43,44)33-20-14-26(2)15-21-33/h6-21,23,27,34H,5,22,24-25H2,1-4H3,(H,38,42)/t27-,34-/m0/s1. The Morgan fingerprint density at radius 3 is 2.20 bits per heavy atom. The molecule has 0 bridgehead atoms. The maximum Gasteiger partial charge on any atom is 0.264 e. The van der Waals surface area contributed by atoms with Crippen LogP contribution in [0, 0.1) is 12.7 Å². The van der Waals surface area contributed by atoms with E-state index in [1.165, 1.54) is 36.3 Å². The number of methoxy groups -OCH3 is 1. The molecule has 0 aliphatic heterocycles. The Morgan fingerprint density at radius 1 is 0.891 bits per heavy atom. The van der Waals surface area contributed by atoms with Gasteiger partial charge in [0.15, 0.2) is 0 Å². The smallest absolute Gasteiger partial charge is 0.264 e. The summed E-state index contributed by atoms with van der Waals surface area (Å²) in [6.45, 7) is 5.01. The number of benzene rings is 4. The van der Waals surface area contributed by atoms with E-state index >= 15 is 0 Å². The van der Waals surface area contributed by atoms with Crippen molar-refractivity contribution in [1.29, 1.82) is 0 Å². The van der Waals surface area contributed by atoms with Crippen LogP contribution in [0.2, 0.25) is 0 Å². The summed E-state index contributed by atoms with van der Waals surface area (Å²) in [6.07, 6.45) is 0.855. The number of anilines is 1. The van der Waals surface area contributed by atoms with Crippen LogP contribution in [0.25, 0.3) is 0 Å². The van der Waals surface area contributed by atoms with Gasteiger partial charge in [0, 0.05) is 25.1 Å². The van der Waals surface area contributed by atoms with E-state index in [0.29, 0.717) is 17.7 Å². The number of nitrogens with zero attached hydrogens (tertiary/aromatic N) is 2. The predicted molar refractivity (Wildman–Crippen MR) is 177 cm³/mol. The summed E-state index contributed by atoms with van der Waals surface area (Å²) in [5.41, 5.74) is 2.50. The molecule has 2 atom stereocenters. The molecule has 0 unspecified atom stereocenters. The van der Waals surface area contributed by atoms with Gasteiger partial charge in [-0.05, 0) is 67.8 Å². The van der Waals surface area contributed by atoms with E-state index in [2.05, 4.69) is 5.32 Å². The highest BCUT2D eigenvalue weighted by Crippen LogP contribution is 2.28. The molecule has 4 aromatic rings. The Balaban J connectivity index is 1.82. The first-order valence-electron chi connectivity index (χ1n) is 15.1. The normalized spacial score (nSPS) is 12.5. The van der Waals surface area contributed by atoms with E-state index in [1.54, 1.807) is 48.5 Å². The SMILES string of the molecule is CC[C@H](C)NC(=O)[C@H](Cc1ccccc1)N(Cc1ccc(F)cc1)C(=O)CN(c1cccc(OC)c1)S(=O)(=O)c1ccc(C)cc1. The summed E-state index contributed by atoms with van der Waals surface area (Å²) >= 11 is 0. The van der Waals surface area contributed by atoms with Gasteiger partial charge in [-0.2, -0.15) is 0 Å². The van der Waals surface area contributed by atoms with Crippen molar-refractivity contribution in [2.24, 2.45) is 0 Å². The summed E-state index contributed by atoms with van der Waals surface area (Å²) < 4.78 is 48.6. The molecule has 1 N–H and O–H groups in total. The van der Waals surface area contributed by atoms with Crippen LogP contribution in [0.4, 0.5) is 10.1 Å². The molecule has 242 valence electrons. The van der Waals surface area contributed by atoms with Crippen LogP contribution in [0.1, 0.15) is 37.0 Å². The molecule has 0 spiro atoms. The van der Waals surface area contributed by atoms with E-state index in [4.69, 9.17) is 4.74 Å². The van der Waals surface area contributed by atoms with Gasteiger partial charge in [-0.15, -0.1) is 0 Å². The molecule has 4 rings (SSSR count). The van der Waals surface area contributed by atoms with Crippen molar-refractivity contribution in [2.75, 3.05) is 18.0 Å². The zero-order valence-electron chi connectivity index (χ0n) is 26.5. The number of amides is 2. The third-order valence-corrected chi connectivity index (χ3v) is 9.56. The highest BCUT2D eigenvalue weighted by atomic mass is 32.2. The van der Waals surface area contributed by atoms with Crippen molar-refractivity contribution >= 4 is 27.5 Å². The molecule has 4 aromatic carbocycles. The molecule has 2 amide bonds. The van der Waals surface area contributed by atoms with Crippen LogP contribution in [0.15, 0.2) is 108 Å². The van der Waals surface area contributed by atoms with Crippen molar-refractivity contribution in [3.05, 3.63) is 126 Å². The van der Waals surface area contributed by atoms with Crippen LogP contribution in [-0.4, -0.2) is 50.9 Å². The predicted octanol–water partition coefficient (Wildman–Crippen LogP) is 5.89. The molecule has 0 fully saturated rings. The minimum atomic E-state index is -4.25. The molecule has 0 radical (unpaired) electrons. The molecule has 0 aliphatic rings. The molecule has 46 heavy (non-hydrogen) atoms. The number of rotatable bonds is 14. The summed E-state index contributed by atoms with van der Waals surface area (Å²) in [5.74, 6) is -1.01. The largest absolute Gasteiger partial charge is 0.497 e. The van der Waals surface area contributed by atoms with Gasteiger partial charge >= 0.3 is 0 Å². The van der Waals surface area contributed by atoms with Crippen molar-refractivity contribution < 1.29 is 27.1 Å². The lowest BCUT2D eigenvalue weighted by Gasteiger charge is -2.34. The topological polar surface area (TPSA) is 96.0 Å². The fourth-order valence-electron chi connectivity index (χ4n) is 4.91. The molecular formula is C36H40FN3O5S. The summed E-state index contributed by atoms with van der Waals surface area (Å²) in [7, 11) is -2.78. The number of halogens is 1. The molecule has 0 saturated carbocycles. The monoisotopic (exact) mass is 645 g/mol. The second-order valence-electron chi connectivity index (χ2n) is 11.2. The zero-order valence-corrected chi connectivity index (χ0v) is 27.3. The minimum absolute atomic E-state index is 0.00848. The van der Waals surface area contributed by atoms with E-state index in [9.17, 15) is 22.4 Å². The van der Waals surface area contributed by atoms with Crippen molar-refractivity contribution in [3.8, 4) is 5.75 Å². The van der Waals surface area contributed by atoms with Gasteiger partial charge in [0.05, 0.1) is 17.7 Å². The Morgan fingerprint density at radius 2 is 1.57 bits per heavy atom. The van der Waals surface area contributed by atoms with Crippen LogP contribution >= 0.6 is 0 Å². The Labute approximate surface area is 270 Å². The fourth-order valence-corrected chi connectivity index (χ4v) is 6.32.